The van der Waals surface area contributed by atoms with E-state index in [2.05, 4.69) is 5.16 Å². The van der Waals surface area contributed by atoms with Crippen LogP contribution < -0.4 is 5.48 Å². The second kappa shape index (κ2) is 2.80. The molecule has 0 saturated heterocycles. The van der Waals surface area contributed by atoms with Crippen LogP contribution in [0, 0.1) is 0 Å². The van der Waals surface area contributed by atoms with Gasteiger partial charge < -0.3 is 10.4 Å². The first-order valence-corrected chi connectivity index (χ1v) is 2.65. The number of nitrogens with zero attached hydrogens (tertiary/aromatic N) is 1. The predicted molar refractivity (Wildman–Crippen MR) is 33.9 cm³/mol. The molecule has 0 spiro atoms. The molecule has 54 valence electrons. The van der Waals surface area contributed by atoms with Crippen molar-refractivity contribution in [1.82, 2.24) is 5.48 Å². The van der Waals surface area contributed by atoms with Crippen molar-refractivity contribution in [3.05, 3.63) is 0 Å². The van der Waals surface area contributed by atoms with Gasteiger partial charge in [0, 0.05) is 0 Å². The summed E-state index contributed by atoms with van der Waals surface area (Å²) in [5.74, 6) is 0. The molecule has 4 heteroatoms. The van der Waals surface area contributed by atoms with Crippen LogP contribution in [0.4, 0.5) is 0 Å². The lowest BCUT2D eigenvalue weighted by molar-refractivity contribution is 0.113. The fourth-order valence-corrected chi connectivity index (χ4v) is 0.206. The van der Waals surface area contributed by atoms with Gasteiger partial charge in [0.25, 0.3) is 0 Å². The van der Waals surface area contributed by atoms with Crippen molar-refractivity contribution in [3.8, 4) is 0 Å². The zero-order valence-corrected chi connectivity index (χ0v) is 5.84. The highest BCUT2D eigenvalue weighted by atomic mass is 16.5. The van der Waals surface area contributed by atoms with E-state index < -0.39 is 5.54 Å². The molecule has 3 N–H and O–H groups in total. The first kappa shape index (κ1) is 8.39. The molecule has 0 heterocycles. The number of nitrogens with one attached hydrogen (secondary N) is 1. The topological polar surface area (TPSA) is 64.9 Å². The van der Waals surface area contributed by atoms with Gasteiger partial charge in [-0.1, -0.05) is 5.16 Å². The predicted octanol–water partition coefficient (Wildman–Crippen LogP) is 0.594. The van der Waals surface area contributed by atoms with Crippen LogP contribution in [0.5, 0.6) is 0 Å². The third-order valence-corrected chi connectivity index (χ3v) is 1.33. The summed E-state index contributed by atoms with van der Waals surface area (Å²) in [4.78, 5) is 0. The Bertz CT molecular complexity index is 120. The van der Waals surface area contributed by atoms with E-state index >= 15 is 0 Å². The Labute approximate surface area is 54.1 Å². The van der Waals surface area contributed by atoms with Crippen LogP contribution in [-0.2, 0) is 0 Å². The highest BCUT2D eigenvalue weighted by Gasteiger charge is 2.20. The molecule has 0 amide bonds. The van der Waals surface area contributed by atoms with Crippen molar-refractivity contribution in [2.45, 2.75) is 26.3 Å². The van der Waals surface area contributed by atoms with Crippen LogP contribution in [0.15, 0.2) is 5.16 Å². The molecule has 0 unspecified atom stereocenters. The molecule has 0 aromatic carbocycles. The fourth-order valence-electron chi connectivity index (χ4n) is 0.206. The molecule has 0 aliphatic carbocycles. The van der Waals surface area contributed by atoms with Gasteiger partial charge in [-0.15, -0.1) is 0 Å². The summed E-state index contributed by atoms with van der Waals surface area (Å²) >= 11 is 0. The number of hydrogen-bond donors (Lipinski definition) is 3. The van der Waals surface area contributed by atoms with Crippen LogP contribution in [-0.4, -0.2) is 21.7 Å². The Morgan fingerprint density at radius 3 is 2.11 bits per heavy atom. The normalized spacial score (nSPS) is 14.0. The number of oxime groups is 1. The number of hydrogen-bond acceptors (Lipinski definition) is 4. The average Bonchev–Trinajstić information content (AvgIpc) is 1.86. The molecule has 9 heavy (non-hydrogen) atoms. The molecule has 0 aromatic rings. The third kappa shape index (κ3) is 1.99. The van der Waals surface area contributed by atoms with Crippen LogP contribution in [0.3, 0.4) is 0 Å². The Morgan fingerprint density at radius 1 is 1.56 bits per heavy atom. The summed E-state index contributed by atoms with van der Waals surface area (Å²) < 4.78 is 0. The van der Waals surface area contributed by atoms with Crippen LogP contribution in [0.2, 0.25) is 0 Å². The molecule has 0 aliphatic heterocycles. The van der Waals surface area contributed by atoms with Gasteiger partial charge in [-0.2, -0.15) is 5.48 Å². The van der Waals surface area contributed by atoms with Gasteiger partial charge in [0.05, 0.1) is 11.3 Å². The minimum atomic E-state index is -0.644. The van der Waals surface area contributed by atoms with Crippen LogP contribution >= 0.6 is 0 Å². The largest absolute Gasteiger partial charge is 0.411 e. The molecule has 0 saturated carbocycles. The Hall–Kier alpha value is -0.610. The van der Waals surface area contributed by atoms with E-state index in [1.54, 1.807) is 20.8 Å². The van der Waals surface area contributed by atoms with Crippen molar-refractivity contribution in [2.75, 3.05) is 0 Å². The van der Waals surface area contributed by atoms with Gasteiger partial charge in [-0.25, -0.2) is 0 Å². The van der Waals surface area contributed by atoms with Gasteiger partial charge in [0.1, 0.15) is 0 Å². The van der Waals surface area contributed by atoms with E-state index in [-0.39, 0.29) is 0 Å². The molecule has 0 fully saturated rings. The molecule has 4 nitrogen and oxygen atoms in total. The van der Waals surface area contributed by atoms with E-state index in [4.69, 9.17) is 10.4 Å². The quantitative estimate of drug-likeness (QED) is 0.293. The maximum Gasteiger partial charge on any atom is 0.0784 e. The summed E-state index contributed by atoms with van der Waals surface area (Å²) in [6.45, 7) is 5.01. The van der Waals surface area contributed by atoms with Gasteiger partial charge in [-0.05, 0) is 20.8 Å². The van der Waals surface area contributed by atoms with Gasteiger partial charge >= 0.3 is 0 Å². The standard InChI is InChI=1S/C5H12N2O2/c1-4(6-8)5(2,3)7-9/h7-9H,1-3H3. The molecule has 0 atom stereocenters. The molecule has 0 rings (SSSR count). The summed E-state index contributed by atoms with van der Waals surface area (Å²) in [5, 5.41) is 19.6. The molecule has 0 bridgehead atoms. The molecule has 0 aromatic heterocycles. The van der Waals surface area contributed by atoms with E-state index in [1.807, 2.05) is 5.48 Å². The van der Waals surface area contributed by atoms with Crippen molar-refractivity contribution in [2.24, 2.45) is 5.16 Å². The molecule has 0 radical (unpaired) electrons. The number of rotatable bonds is 2. The lowest BCUT2D eigenvalue weighted by atomic mass is 10.0. The van der Waals surface area contributed by atoms with Crippen molar-refractivity contribution >= 4 is 5.71 Å². The third-order valence-electron chi connectivity index (χ3n) is 1.33. The summed E-state index contributed by atoms with van der Waals surface area (Å²) in [6, 6.07) is 0. The van der Waals surface area contributed by atoms with Gasteiger partial charge in [0.2, 0.25) is 0 Å². The lowest BCUT2D eigenvalue weighted by Crippen LogP contribution is -2.43. The number of hydroxylamine groups is 1. The van der Waals surface area contributed by atoms with Crippen LogP contribution in [0.1, 0.15) is 20.8 Å². The smallest absolute Gasteiger partial charge is 0.0784 e. The van der Waals surface area contributed by atoms with Crippen molar-refractivity contribution in [3.63, 3.8) is 0 Å². The van der Waals surface area contributed by atoms with Crippen LogP contribution in [0.25, 0.3) is 0 Å². The van der Waals surface area contributed by atoms with E-state index in [0.717, 1.165) is 0 Å². The van der Waals surface area contributed by atoms with Gasteiger partial charge in [0.15, 0.2) is 0 Å². The first-order valence-electron chi connectivity index (χ1n) is 2.65. The van der Waals surface area contributed by atoms with Crippen molar-refractivity contribution < 1.29 is 10.4 Å². The molecular weight excluding hydrogens is 120 g/mol. The molecular formula is C5H12N2O2. The Kier molecular flexibility index (Phi) is 2.61. The van der Waals surface area contributed by atoms with Crippen molar-refractivity contribution in [1.29, 1.82) is 0 Å². The van der Waals surface area contributed by atoms with E-state index in [1.165, 1.54) is 0 Å². The minimum Gasteiger partial charge on any atom is -0.411 e. The summed E-state index contributed by atoms with van der Waals surface area (Å²) in [6.07, 6.45) is 0. The summed E-state index contributed by atoms with van der Waals surface area (Å²) in [7, 11) is 0. The highest BCUT2D eigenvalue weighted by Crippen LogP contribution is 2.02. The minimum absolute atomic E-state index is 0.435. The fraction of sp³-hybridized carbons (Fsp3) is 0.800. The zero-order valence-electron chi connectivity index (χ0n) is 5.84. The first-order chi connectivity index (χ1) is 4.04. The highest BCUT2D eigenvalue weighted by molar-refractivity contribution is 5.89. The Morgan fingerprint density at radius 2 is 2.00 bits per heavy atom. The SMILES string of the molecule is CC(=NO)C(C)(C)NO. The maximum atomic E-state index is 8.45. The second-order valence-electron chi connectivity index (χ2n) is 2.42. The van der Waals surface area contributed by atoms with Gasteiger partial charge in [-0.3, -0.25) is 0 Å². The average molecular weight is 132 g/mol. The van der Waals surface area contributed by atoms with E-state index in [0.29, 0.717) is 5.71 Å². The monoisotopic (exact) mass is 132 g/mol. The molecule has 0 aliphatic rings. The Balaban J connectivity index is 4.14. The van der Waals surface area contributed by atoms with E-state index in [9.17, 15) is 0 Å². The summed E-state index contributed by atoms with van der Waals surface area (Å²) in [5.41, 5.74) is 1.79. The second-order valence-corrected chi connectivity index (χ2v) is 2.42. The maximum absolute atomic E-state index is 8.45. The lowest BCUT2D eigenvalue weighted by Gasteiger charge is -2.20. The zero-order chi connectivity index (χ0) is 7.49.